The second-order valence-corrected chi connectivity index (χ2v) is 9.00. The fourth-order valence-electron chi connectivity index (χ4n) is 4.12. The number of hydrogen-bond acceptors (Lipinski definition) is 6. The first-order chi connectivity index (χ1) is 17.0. The summed E-state index contributed by atoms with van der Waals surface area (Å²) in [5.74, 6) is 0.557. The lowest BCUT2D eigenvalue weighted by molar-refractivity contribution is 0.605. The molecular formula is C29H29N3O2S. The van der Waals surface area contributed by atoms with E-state index in [1.165, 1.54) is 0 Å². The molecule has 0 bridgehead atoms. The Morgan fingerprint density at radius 1 is 1.03 bits per heavy atom. The quantitative estimate of drug-likeness (QED) is 0.276. The number of hydrogen-bond donors (Lipinski definition) is 1. The van der Waals surface area contributed by atoms with E-state index in [2.05, 4.69) is 34.3 Å². The summed E-state index contributed by atoms with van der Waals surface area (Å²) < 4.78 is 6.42. The molecule has 0 radical (unpaired) electrons. The van der Waals surface area contributed by atoms with E-state index in [4.69, 9.17) is 4.42 Å². The standard InChI is InChI=1S/C27H23N3O2S.C2H6/c1-16-13-21(18(3)30-23-9-5-4-8-20(23)27-29-11-12-33-27)26-22(14-16)24(31)17(2)25(32-26)19-7-6-10-28-15-19;1-2/h4-15,18,30H,1-3H3;1-2H3. The van der Waals surface area contributed by atoms with E-state index in [0.29, 0.717) is 22.3 Å². The van der Waals surface area contributed by atoms with Crippen LogP contribution in [-0.4, -0.2) is 9.97 Å². The molecule has 5 aromatic rings. The minimum absolute atomic E-state index is 0.0181. The molecule has 1 unspecified atom stereocenters. The fourth-order valence-corrected chi connectivity index (χ4v) is 4.80. The highest BCUT2D eigenvalue weighted by Crippen LogP contribution is 2.35. The van der Waals surface area contributed by atoms with Crippen LogP contribution in [0.25, 0.3) is 32.9 Å². The first-order valence-corrected chi connectivity index (χ1v) is 12.6. The number of nitrogens with one attached hydrogen (secondary N) is 1. The molecule has 1 atom stereocenters. The van der Waals surface area contributed by atoms with Gasteiger partial charge < -0.3 is 9.73 Å². The van der Waals surface area contributed by atoms with E-state index in [-0.39, 0.29) is 11.5 Å². The number of fused-ring (bicyclic) bond motifs is 1. The second-order valence-electron chi connectivity index (χ2n) is 8.11. The highest BCUT2D eigenvalue weighted by Gasteiger charge is 2.20. The normalized spacial score (nSPS) is 11.6. The molecule has 0 aliphatic rings. The Labute approximate surface area is 209 Å². The predicted octanol–water partition coefficient (Wildman–Crippen LogP) is 7.79. The molecule has 0 spiro atoms. The largest absolute Gasteiger partial charge is 0.455 e. The third kappa shape index (κ3) is 4.88. The molecular weight excluding hydrogens is 454 g/mol. The first kappa shape index (κ1) is 24.4. The number of aromatic nitrogens is 2. The van der Waals surface area contributed by atoms with E-state index in [1.807, 2.05) is 75.7 Å². The molecule has 6 heteroatoms. The third-order valence-corrected chi connectivity index (χ3v) is 6.55. The van der Waals surface area contributed by atoms with Crippen molar-refractivity contribution in [1.82, 2.24) is 9.97 Å². The number of thiazole rings is 1. The molecule has 0 saturated carbocycles. The molecule has 35 heavy (non-hydrogen) atoms. The highest BCUT2D eigenvalue weighted by atomic mass is 32.1. The van der Waals surface area contributed by atoms with Crippen LogP contribution in [0.15, 0.2) is 81.7 Å². The van der Waals surface area contributed by atoms with Crippen LogP contribution in [0.1, 0.15) is 43.5 Å². The van der Waals surface area contributed by atoms with E-state index in [1.54, 1.807) is 23.7 Å². The van der Waals surface area contributed by atoms with Crippen molar-refractivity contribution in [3.05, 3.63) is 99.4 Å². The van der Waals surface area contributed by atoms with Gasteiger partial charge in [0, 0.05) is 51.9 Å². The third-order valence-electron chi connectivity index (χ3n) is 5.74. The van der Waals surface area contributed by atoms with Crippen molar-refractivity contribution in [2.75, 3.05) is 5.32 Å². The first-order valence-electron chi connectivity index (χ1n) is 11.8. The van der Waals surface area contributed by atoms with Gasteiger partial charge in [0.25, 0.3) is 0 Å². The molecule has 3 heterocycles. The highest BCUT2D eigenvalue weighted by molar-refractivity contribution is 7.13. The number of nitrogens with zero attached hydrogens (tertiary/aromatic N) is 2. The van der Waals surface area contributed by atoms with Crippen LogP contribution >= 0.6 is 11.3 Å². The predicted molar refractivity (Wildman–Crippen MR) is 146 cm³/mol. The molecule has 3 aromatic heterocycles. The molecule has 2 aromatic carbocycles. The van der Waals surface area contributed by atoms with Crippen molar-refractivity contribution in [3.63, 3.8) is 0 Å². The van der Waals surface area contributed by atoms with Crippen LogP contribution in [-0.2, 0) is 0 Å². The fraction of sp³-hybridized carbons (Fsp3) is 0.207. The summed E-state index contributed by atoms with van der Waals surface area (Å²) in [5, 5.41) is 7.15. The topological polar surface area (TPSA) is 68.0 Å². The monoisotopic (exact) mass is 483 g/mol. The van der Waals surface area contributed by atoms with Gasteiger partial charge in [-0.05, 0) is 56.7 Å². The summed E-state index contributed by atoms with van der Waals surface area (Å²) in [5.41, 5.74) is 5.93. The van der Waals surface area contributed by atoms with Gasteiger partial charge in [-0.15, -0.1) is 11.3 Å². The number of pyridine rings is 1. The average Bonchev–Trinajstić information content (AvgIpc) is 3.43. The molecule has 178 valence electrons. The van der Waals surface area contributed by atoms with Gasteiger partial charge in [-0.25, -0.2) is 4.98 Å². The van der Waals surface area contributed by atoms with Crippen molar-refractivity contribution >= 4 is 28.0 Å². The van der Waals surface area contributed by atoms with E-state index < -0.39 is 0 Å². The minimum Gasteiger partial charge on any atom is -0.455 e. The summed E-state index contributed by atoms with van der Waals surface area (Å²) in [7, 11) is 0. The zero-order chi connectivity index (χ0) is 24.9. The smallest absolute Gasteiger partial charge is 0.196 e. The molecule has 0 saturated heterocycles. The summed E-state index contributed by atoms with van der Waals surface area (Å²) in [6.45, 7) is 9.89. The average molecular weight is 484 g/mol. The maximum absolute atomic E-state index is 13.3. The summed E-state index contributed by atoms with van der Waals surface area (Å²) >= 11 is 1.60. The van der Waals surface area contributed by atoms with Crippen LogP contribution in [0.3, 0.4) is 0 Å². The van der Waals surface area contributed by atoms with E-state index in [0.717, 1.165) is 32.9 Å². The van der Waals surface area contributed by atoms with Crippen molar-refractivity contribution in [2.24, 2.45) is 0 Å². The Balaban J connectivity index is 0.00000141. The molecule has 0 amide bonds. The lowest BCUT2D eigenvalue weighted by Crippen LogP contribution is -2.12. The maximum Gasteiger partial charge on any atom is 0.196 e. The Morgan fingerprint density at radius 2 is 1.83 bits per heavy atom. The number of benzene rings is 2. The Hall–Kier alpha value is -3.77. The summed E-state index contributed by atoms with van der Waals surface area (Å²) in [6.07, 6.45) is 5.24. The van der Waals surface area contributed by atoms with Gasteiger partial charge in [-0.3, -0.25) is 9.78 Å². The maximum atomic E-state index is 13.3. The zero-order valence-electron chi connectivity index (χ0n) is 20.6. The molecule has 0 aliphatic carbocycles. The molecule has 0 fully saturated rings. The zero-order valence-corrected chi connectivity index (χ0v) is 21.4. The minimum atomic E-state index is -0.110. The van der Waals surface area contributed by atoms with Crippen molar-refractivity contribution in [2.45, 2.75) is 40.7 Å². The molecule has 1 N–H and O–H groups in total. The summed E-state index contributed by atoms with van der Waals surface area (Å²) in [4.78, 5) is 22.0. The van der Waals surface area contributed by atoms with Gasteiger partial charge in [-0.2, -0.15) is 0 Å². The van der Waals surface area contributed by atoms with Crippen molar-refractivity contribution in [1.29, 1.82) is 0 Å². The number of anilines is 1. The van der Waals surface area contributed by atoms with Gasteiger partial charge in [-0.1, -0.05) is 32.0 Å². The molecule has 5 rings (SSSR count). The lowest BCUT2D eigenvalue weighted by atomic mass is 9.99. The van der Waals surface area contributed by atoms with Crippen LogP contribution < -0.4 is 10.7 Å². The Bertz CT molecular complexity index is 1490. The van der Waals surface area contributed by atoms with Crippen LogP contribution in [0.2, 0.25) is 0 Å². The molecule has 0 aliphatic heterocycles. The number of rotatable bonds is 5. The van der Waals surface area contributed by atoms with E-state index >= 15 is 0 Å². The number of para-hydroxylation sites is 1. The molecule has 5 nitrogen and oxygen atoms in total. The second kappa shape index (κ2) is 10.7. The number of aryl methyl sites for hydroxylation is 1. The summed E-state index contributed by atoms with van der Waals surface area (Å²) in [6, 6.07) is 15.7. The van der Waals surface area contributed by atoms with Crippen LogP contribution in [0.4, 0.5) is 5.69 Å². The van der Waals surface area contributed by atoms with Gasteiger partial charge in [0.15, 0.2) is 5.43 Å². The van der Waals surface area contributed by atoms with Crippen LogP contribution in [0.5, 0.6) is 0 Å². The van der Waals surface area contributed by atoms with Gasteiger partial charge in [0.05, 0.1) is 11.4 Å². The Kier molecular flexibility index (Phi) is 7.42. The SMILES string of the molecule is CC.Cc1cc(C(C)Nc2ccccc2-c2nccs2)c2oc(-c3cccnc3)c(C)c(=O)c2c1. The van der Waals surface area contributed by atoms with Crippen molar-refractivity contribution < 1.29 is 4.42 Å². The lowest BCUT2D eigenvalue weighted by Gasteiger charge is -2.20. The van der Waals surface area contributed by atoms with Crippen LogP contribution in [0, 0.1) is 13.8 Å². The van der Waals surface area contributed by atoms with Gasteiger partial charge in [0.1, 0.15) is 16.4 Å². The van der Waals surface area contributed by atoms with Crippen molar-refractivity contribution in [3.8, 4) is 21.9 Å². The van der Waals surface area contributed by atoms with Gasteiger partial charge in [0.2, 0.25) is 0 Å². The van der Waals surface area contributed by atoms with E-state index in [9.17, 15) is 4.79 Å². The van der Waals surface area contributed by atoms with Gasteiger partial charge >= 0.3 is 0 Å². The Morgan fingerprint density at radius 3 is 2.54 bits per heavy atom.